The lowest BCUT2D eigenvalue weighted by Gasteiger charge is -2.30. The van der Waals surface area contributed by atoms with Crippen molar-refractivity contribution >= 4 is 0 Å². The van der Waals surface area contributed by atoms with Gasteiger partial charge in [0, 0.05) is 13.1 Å². The van der Waals surface area contributed by atoms with Crippen molar-refractivity contribution < 1.29 is 0 Å². The van der Waals surface area contributed by atoms with Crippen LogP contribution in [0.5, 0.6) is 0 Å². The summed E-state index contributed by atoms with van der Waals surface area (Å²) in [6.07, 6.45) is 2.78. The summed E-state index contributed by atoms with van der Waals surface area (Å²) in [6.45, 7) is 6.04. The fourth-order valence-electron chi connectivity index (χ4n) is 2.27. The van der Waals surface area contributed by atoms with E-state index in [0.29, 0.717) is 0 Å². The van der Waals surface area contributed by atoms with E-state index in [4.69, 9.17) is 0 Å². The second-order valence-electron chi connectivity index (χ2n) is 4.47. The summed E-state index contributed by atoms with van der Waals surface area (Å²) in [5.74, 6) is 0.882. The van der Waals surface area contributed by atoms with E-state index < -0.39 is 0 Å². The first kappa shape index (κ1) is 9.72. The predicted octanol–water partition coefficient (Wildman–Crippen LogP) is 2.92. The van der Waals surface area contributed by atoms with Gasteiger partial charge >= 0.3 is 0 Å². The van der Waals surface area contributed by atoms with E-state index in [1.807, 2.05) is 0 Å². The maximum atomic E-state index is 2.57. The molecule has 0 amide bonds. The molecule has 1 fully saturated rings. The minimum Gasteiger partial charge on any atom is -0.299 e. The maximum absolute atomic E-state index is 2.57. The normalized spacial score (nSPS) is 23.6. The van der Waals surface area contributed by atoms with E-state index >= 15 is 0 Å². The van der Waals surface area contributed by atoms with Crippen molar-refractivity contribution in [1.82, 2.24) is 4.90 Å². The highest BCUT2D eigenvalue weighted by Crippen LogP contribution is 2.17. The molecule has 1 aromatic rings. The van der Waals surface area contributed by atoms with Crippen molar-refractivity contribution in [2.45, 2.75) is 26.3 Å². The van der Waals surface area contributed by atoms with Gasteiger partial charge in [0.15, 0.2) is 0 Å². The summed E-state index contributed by atoms with van der Waals surface area (Å²) < 4.78 is 0. The van der Waals surface area contributed by atoms with E-state index in [9.17, 15) is 0 Å². The zero-order valence-electron chi connectivity index (χ0n) is 8.95. The van der Waals surface area contributed by atoms with E-state index in [1.54, 1.807) is 0 Å². The van der Waals surface area contributed by atoms with Crippen molar-refractivity contribution in [3.05, 3.63) is 35.9 Å². The number of likely N-dealkylation sites (tertiary alicyclic amines) is 1. The van der Waals surface area contributed by atoms with Gasteiger partial charge in [-0.25, -0.2) is 0 Å². The summed E-state index contributed by atoms with van der Waals surface area (Å²) in [6, 6.07) is 10.8. The van der Waals surface area contributed by atoms with E-state index in [1.165, 1.54) is 31.5 Å². The molecule has 1 aromatic carbocycles. The smallest absolute Gasteiger partial charge is 0.0233 e. The summed E-state index contributed by atoms with van der Waals surface area (Å²) in [5.41, 5.74) is 1.45. The average Bonchev–Trinajstić information content (AvgIpc) is 2.19. The van der Waals surface area contributed by atoms with Crippen LogP contribution in [0.4, 0.5) is 0 Å². The van der Waals surface area contributed by atoms with Crippen LogP contribution in [0.2, 0.25) is 0 Å². The molecule has 0 unspecified atom stereocenters. The number of rotatable bonds is 2. The third-order valence-corrected chi connectivity index (χ3v) is 2.99. The van der Waals surface area contributed by atoms with E-state index in [0.717, 1.165) is 12.5 Å². The zero-order chi connectivity index (χ0) is 9.80. The third-order valence-electron chi connectivity index (χ3n) is 2.99. The Kier molecular flexibility index (Phi) is 3.20. The van der Waals surface area contributed by atoms with Crippen LogP contribution in [0, 0.1) is 5.92 Å². The molecule has 1 nitrogen and oxygen atoms in total. The molecule has 0 spiro atoms. The molecule has 1 saturated heterocycles. The van der Waals surface area contributed by atoms with Crippen LogP contribution >= 0.6 is 0 Å². The summed E-state index contributed by atoms with van der Waals surface area (Å²) in [4.78, 5) is 2.57. The first-order valence-corrected chi connectivity index (χ1v) is 5.61. The Balaban J connectivity index is 1.91. The summed E-state index contributed by atoms with van der Waals surface area (Å²) >= 11 is 0. The number of piperidine rings is 1. The molecule has 1 atom stereocenters. The number of hydrogen-bond donors (Lipinski definition) is 0. The van der Waals surface area contributed by atoms with Crippen LogP contribution in [0.3, 0.4) is 0 Å². The van der Waals surface area contributed by atoms with E-state index in [2.05, 4.69) is 42.2 Å². The lowest BCUT2D eigenvalue weighted by Crippen LogP contribution is -2.33. The Morgan fingerprint density at radius 3 is 2.79 bits per heavy atom. The van der Waals surface area contributed by atoms with Gasteiger partial charge in [0.25, 0.3) is 0 Å². The molecular formula is C13H19N. The maximum Gasteiger partial charge on any atom is 0.0233 e. The Hall–Kier alpha value is -0.820. The van der Waals surface area contributed by atoms with Crippen LogP contribution in [0.15, 0.2) is 30.3 Å². The standard InChI is InChI=1S/C13H19N/c1-12-6-5-9-14(10-12)11-13-7-3-2-4-8-13/h2-4,7-8,12H,5-6,9-11H2,1H3/t12-/m1/s1. The Morgan fingerprint density at radius 1 is 1.29 bits per heavy atom. The van der Waals surface area contributed by atoms with Gasteiger partial charge in [-0.15, -0.1) is 0 Å². The minimum atomic E-state index is 0.882. The van der Waals surface area contributed by atoms with Crippen LogP contribution in [0.1, 0.15) is 25.3 Å². The molecule has 76 valence electrons. The van der Waals surface area contributed by atoms with Gasteiger partial charge in [-0.3, -0.25) is 4.90 Å². The molecular weight excluding hydrogens is 170 g/mol. The van der Waals surface area contributed by atoms with Gasteiger partial charge in [0.05, 0.1) is 0 Å². The number of nitrogens with zero attached hydrogens (tertiary/aromatic N) is 1. The van der Waals surface area contributed by atoms with Gasteiger partial charge in [0.1, 0.15) is 0 Å². The molecule has 0 N–H and O–H groups in total. The highest BCUT2D eigenvalue weighted by Gasteiger charge is 2.15. The van der Waals surface area contributed by atoms with Gasteiger partial charge < -0.3 is 0 Å². The van der Waals surface area contributed by atoms with Crippen molar-refractivity contribution in [2.75, 3.05) is 13.1 Å². The van der Waals surface area contributed by atoms with Crippen molar-refractivity contribution in [1.29, 1.82) is 0 Å². The topological polar surface area (TPSA) is 3.24 Å². The van der Waals surface area contributed by atoms with Gasteiger partial charge in [0.2, 0.25) is 0 Å². The Morgan fingerprint density at radius 2 is 2.07 bits per heavy atom. The highest BCUT2D eigenvalue weighted by atomic mass is 15.1. The van der Waals surface area contributed by atoms with Gasteiger partial charge in [-0.05, 0) is 30.9 Å². The fraction of sp³-hybridized carbons (Fsp3) is 0.538. The molecule has 14 heavy (non-hydrogen) atoms. The molecule has 0 aliphatic carbocycles. The van der Waals surface area contributed by atoms with Crippen molar-refractivity contribution in [3.63, 3.8) is 0 Å². The molecule has 2 rings (SSSR count). The molecule has 1 heteroatoms. The van der Waals surface area contributed by atoms with Crippen LogP contribution in [-0.4, -0.2) is 18.0 Å². The first-order valence-electron chi connectivity index (χ1n) is 5.61. The highest BCUT2D eigenvalue weighted by molar-refractivity contribution is 5.14. The number of benzene rings is 1. The quantitative estimate of drug-likeness (QED) is 0.691. The van der Waals surface area contributed by atoms with Crippen LogP contribution in [0.25, 0.3) is 0 Å². The minimum absolute atomic E-state index is 0.882. The van der Waals surface area contributed by atoms with Crippen molar-refractivity contribution in [3.8, 4) is 0 Å². The SMILES string of the molecule is C[C@@H]1CCCN(Cc2ccccc2)C1. The lowest BCUT2D eigenvalue weighted by atomic mass is 10.00. The second kappa shape index (κ2) is 4.61. The summed E-state index contributed by atoms with van der Waals surface area (Å²) in [7, 11) is 0. The van der Waals surface area contributed by atoms with Gasteiger partial charge in [-0.1, -0.05) is 37.3 Å². The first-order chi connectivity index (χ1) is 6.84. The Bertz CT molecular complexity index is 268. The van der Waals surface area contributed by atoms with E-state index in [-0.39, 0.29) is 0 Å². The third kappa shape index (κ3) is 2.58. The van der Waals surface area contributed by atoms with Crippen LogP contribution in [-0.2, 0) is 6.54 Å². The largest absolute Gasteiger partial charge is 0.299 e. The molecule has 1 aliphatic rings. The summed E-state index contributed by atoms with van der Waals surface area (Å²) in [5, 5.41) is 0. The average molecular weight is 189 g/mol. The zero-order valence-corrected chi connectivity index (χ0v) is 8.95. The molecule has 1 heterocycles. The monoisotopic (exact) mass is 189 g/mol. The lowest BCUT2D eigenvalue weighted by molar-refractivity contribution is 0.176. The predicted molar refractivity (Wildman–Crippen MR) is 60.1 cm³/mol. The Labute approximate surface area is 86.7 Å². The molecule has 0 bridgehead atoms. The molecule has 0 aromatic heterocycles. The molecule has 1 aliphatic heterocycles. The van der Waals surface area contributed by atoms with Gasteiger partial charge in [-0.2, -0.15) is 0 Å². The van der Waals surface area contributed by atoms with Crippen LogP contribution < -0.4 is 0 Å². The molecule has 0 saturated carbocycles. The van der Waals surface area contributed by atoms with Crippen molar-refractivity contribution in [2.24, 2.45) is 5.92 Å². The second-order valence-corrected chi connectivity index (χ2v) is 4.47. The number of hydrogen-bond acceptors (Lipinski definition) is 1. The fourth-order valence-corrected chi connectivity index (χ4v) is 2.27. The molecule has 0 radical (unpaired) electrons.